The molecule has 0 saturated heterocycles. The summed E-state index contributed by atoms with van der Waals surface area (Å²) in [6.45, 7) is 13.4. The van der Waals surface area contributed by atoms with Crippen molar-refractivity contribution >= 4 is 5.57 Å². The lowest BCUT2D eigenvalue weighted by molar-refractivity contribution is 0.371. The zero-order valence-corrected chi connectivity index (χ0v) is 20.9. The van der Waals surface area contributed by atoms with E-state index < -0.39 is 0 Å². The Balaban J connectivity index is 1.57. The maximum absolute atomic E-state index is 6.28. The van der Waals surface area contributed by atoms with Crippen LogP contribution in [0.2, 0.25) is 0 Å². The summed E-state index contributed by atoms with van der Waals surface area (Å²) in [6.07, 6.45) is 3.75. The van der Waals surface area contributed by atoms with E-state index in [2.05, 4.69) is 93.3 Å². The van der Waals surface area contributed by atoms with Gasteiger partial charge in [0.05, 0.1) is 5.66 Å². The van der Waals surface area contributed by atoms with Gasteiger partial charge in [-0.2, -0.15) is 0 Å². The second-order valence-electron chi connectivity index (χ2n) is 10.9. The van der Waals surface area contributed by atoms with Crippen molar-refractivity contribution in [2.45, 2.75) is 64.5 Å². The van der Waals surface area contributed by atoms with Crippen LogP contribution in [0.5, 0.6) is 0 Å². The van der Waals surface area contributed by atoms with Gasteiger partial charge in [0.25, 0.3) is 0 Å². The predicted molar refractivity (Wildman–Crippen MR) is 142 cm³/mol. The normalized spacial score (nSPS) is 15.0. The number of fused-ring (bicyclic) bond motifs is 2. The molecular formula is C31H38N2. The number of rotatable bonds is 6. The highest BCUT2D eigenvalue weighted by Gasteiger charge is 2.21. The van der Waals surface area contributed by atoms with Crippen molar-refractivity contribution in [1.29, 1.82) is 0 Å². The van der Waals surface area contributed by atoms with Gasteiger partial charge in [-0.1, -0.05) is 88.0 Å². The molecule has 0 aliphatic heterocycles. The van der Waals surface area contributed by atoms with Crippen LogP contribution in [0.25, 0.3) is 5.57 Å². The molecule has 3 aromatic rings. The fourth-order valence-corrected chi connectivity index (χ4v) is 4.65. The molecule has 172 valence electrons. The van der Waals surface area contributed by atoms with Crippen LogP contribution < -0.4 is 11.1 Å². The van der Waals surface area contributed by atoms with Crippen LogP contribution in [0.4, 0.5) is 0 Å². The maximum atomic E-state index is 6.28. The number of nitrogens with one attached hydrogen (secondary N) is 1. The Morgan fingerprint density at radius 1 is 0.848 bits per heavy atom. The van der Waals surface area contributed by atoms with Crippen LogP contribution in [-0.2, 0) is 24.7 Å². The molecule has 2 nitrogen and oxygen atoms in total. The van der Waals surface area contributed by atoms with Crippen molar-refractivity contribution < 1.29 is 0 Å². The first-order valence-corrected chi connectivity index (χ1v) is 12.1. The van der Waals surface area contributed by atoms with Crippen molar-refractivity contribution in [3.8, 4) is 0 Å². The summed E-state index contributed by atoms with van der Waals surface area (Å²) in [5, 5.41) is 3.19. The van der Waals surface area contributed by atoms with Gasteiger partial charge in [-0.05, 0) is 95.2 Å². The highest BCUT2D eigenvalue weighted by Crippen LogP contribution is 2.36. The summed E-state index contributed by atoms with van der Waals surface area (Å²) in [6, 6.07) is 22.8. The minimum atomic E-state index is -0.349. The van der Waals surface area contributed by atoms with Gasteiger partial charge in [0.2, 0.25) is 0 Å². The van der Waals surface area contributed by atoms with Gasteiger partial charge in [-0.25, -0.2) is 0 Å². The van der Waals surface area contributed by atoms with E-state index in [-0.39, 0.29) is 11.1 Å². The lowest BCUT2D eigenvalue weighted by Crippen LogP contribution is -2.49. The largest absolute Gasteiger partial charge is 0.314 e. The van der Waals surface area contributed by atoms with Crippen molar-refractivity contribution in [3.63, 3.8) is 0 Å². The Kier molecular flexibility index (Phi) is 6.35. The third-order valence-corrected chi connectivity index (χ3v) is 7.09. The molecular weight excluding hydrogens is 400 g/mol. The third-order valence-electron chi connectivity index (χ3n) is 7.09. The van der Waals surface area contributed by atoms with Gasteiger partial charge < -0.3 is 11.1 Å². The molecule has 3 aromatic carbocycles. The molecule has 1 aliphatic carbocycles. The number of hydrogen-bond acceptors (Lipinski definition) is 2. The summed E-state index contributed by atoms with van der Waals surface area (Å²) >= 11 is 0. The van der Waals surface area contributed by atoms with E-state index in [1.807, 2.05) is 14.0 Å². The first kappa shape index (κ1) is 23.5. The number of nitrogens with two attached hydrogens (primary N) is 1. The van der Waals surface area contributed by atoms with Crippen molar-refractivity contribution in [1.82, 2.24) is 5.32 Å². The van der Waals surface area contributed by atoms with Crippen molar-refractivity contribution in [3.05, 3.63) is 112 Å². The molecule has 2 heteroatoms. The van der Waals surface area contributed by atoms with Gasteiger partial charge in [0.15, 0.2) is 0 Å². The molecule has 3 N–H and O–H groups in total. The molecule has 4 rings (SSSR count). The smallest absolute Gasteiger partial charge is 0.0633 e. The Morgan fingerprint density at radius 2 is 1.45 bits per heavy atom. The standard InChI is InChI=1S/C31H38N2/c1-21-28-18-22(14-15-31(5,32)33-6)10-12-25(28)20-26-13-11-24(19-29(21)26)16-23-8-7-9-27(17-23)30(2,3)4/h7-13,17-19,33H,1,14-16,20,32H2,2-6H3. The lowest BCUT2D eigenvalue weighted by atomic mass is 9.80. The predicted octanol–water partition coefficient (Wildman–Crippen LogP) is 6.37. The molecule has 0 aromatic heterocycles. The number of aryl methyl sites for hydroxylation is 1. The fourth-order valence-electron chi connectivity index (χ4n) is 4.65. The lowest BCUT2D eigenvalue weighted by Gasteiger charge is -2.26. The Morgan fingerprint density at radius 3 is 2.09 bits per heavy atom. The molecule has 1 aliphatic rings. The second-order valence-corrected chi connectivity index (χ2v) is 10.9. The molecule has 0 spiro atoms. The van der Waals surface area contributed by atoms with Crippen molar-refractivity contribution in [2.75, 3.05) is 7.05 Å². The van der Waals surface area contributed by atoms with Gasteiger partial charge in [0, 0.05) is 0 Å². The molecule has 0 bridgehead atoms. The summed E-state index contributed by atoms with van der Waals surface area (Å²) in [7, 11) is 1.92. The van der Waals surface area contributed by atoms with E-state index in [1.165, 1.54) is 44.5 Å². The number of benzene rings is 3. The number of hydrogen-bond donors (Lipinski definition) is 2. The van der Waals surface area contributed by atoms with Crippen LogP contribution in [0.15, 0.2) is 67.2 Å². The zero-order chi connectivity index (χ0) is 23.8. The van der Waals surface area contributed by atoms with Crippen LogP contribution in [0.1, 0.15) is 78.6 Å². The fraction of sp³-hybridized carbons (Fsp3) is 0.355. The van der Waals surface area contributed by atoms with E-state index in [9.17, 15) is 0 Å². The summed E-state index contributed by atoms with van der Waals surface area (Å²) < 4.78 is 0. The molecule has 0 fully saturated rings. The summed E-state index contributed by atoms with van der Waals surface area (Å²) in [4.78, 5) is 0. The maximum Gasteiger partial charge on any atom is 0.0633 e. The van der Waals surface area contributed by atoms with Crippen LogP contribution in [-0.4, -0.2) is 12.7 Å². The average Bonchev–Trinajstić information content (AvgIpc) is 2.78. The minimum Gasteiger partial charge on any atom is -0.314 e. The van der Waals surface area contributed by atoms with E-state index in [0.717, 1.165) is 31.3 Å². The molecule has 33 heavy (non-hydrogen) atoms. The zero-order valence-electron chi connectivity index (χ0n) is 20.9. The van der Waals surface area contributed by atoms with Crippen molar-refractivity contribution in [2.24, 2.45) is 5.73 Å². The Labute approximate surface area is 199 Å². The molecule has 1 atom stereocenters. The van der Waals surface area contributed by atoms with Gasteiger partial charge in [-0.3, -0.25) is 0 Å². The van der Waals surface area contributed by atoms with Gasteiger partial charge >= 0.3 is 0 Å². The molecule has 0 heterocycles. The summed E-state index contributed by atoms with van der Waals surface area (Å²) in [5.74, 6) is 0. The Bertz CT molecular complexity index is 1180. The minimum absolute atomic E-state index is 0.163. The first-order valence-electron chi connectivity index (χ1n) is 12.1. The van der Waals surface area contributed by atoms with Gasteiger partial charge in [-0.15, -0.1) is 0 Å². The van der Waals surface area contributed by atoms with E-state index in [0.29, 0.717) is 0 Å². The molecule has 0 amide bonds. The SMILES string of the molecule is C=C1c2cc(CCC(C)(N)NC)ccc2Cc2ccc(Cc3cccc(C(C)(C)C)c3)cc21. The average molecular weight is 439 g/mol. The second kappa shape index (κ2) is 8.93. The van der Waals surface area contributed by atoms with E-state index in [1.54, 1.807) is 0 Å². The first-order chi connectivity index (χ1) is 15.6. The highest BCUT2D eigenvalue weighted by atomic mass is 15.1. The monoisotopic (exact) mass is 438 g/mol. The Hall–Kier alpha value is -2.68. The van der Waals surface area contributed by atoms with E-state index in [4.69, 9.17) is 5.73 Å². The van der Waals surface area contributed by atoms with Crippen LogP contribution >= 0.6 is 0 Å². The van der Waals surface area contributed by atoms with Crippen LogP contribution in [0, 0.1) is 0 Å². The molecule has 0 radical (unpaired) electrons. The molecule has 1 unspecified atom stereocenters. The van der Waals surface area contributed by atoms with Crippen LogP contribution in [0.3, 0.4) is 0 Å². The van der Waals surface area contributed by atoms with Gasteiger partial charge in [0.1, 0.15) is 0 Å². The topological polar surface area (TPSA) is 38.0 Å². The highest BCUT2D eigenvalue weighted by molar-refractivity contribution is 5.84. The third kappa shape index (κ3) is 5.29. The molecule has 0 saturated carbocycles. The van der Waals surface area contributed by atoms with E-state index >= 15 is 0 Å². The quantitative estimate of drug-likeness (QED) is 0.343. The summed E-state index contributed by atoms with van der Waals surface area (Å²) in [5.41, 5.74) is 18.0.